The third-order valence-electron chi connectivity index (χ3n) is 10.3. The number of carbonyl (C=O) groups is 1. The van der Waals surface area contributed by atoms with Gasteiger partial charge in [-0.1, -0.05) is 6.92 Å². The molecule has 4 heterocycles. The third kappa shape index (κ3) is 13.1. The van der Waals surface area contributed by atoms with Gasteiger partial charge in [-0.15, -0.1) is 0 Å². The molecule has 13 N–H and O–H groups in total. The minimum Gasteiger partial charge on any atom is -0.479 e. The first-order chi connectivity index (χ1) is 28.0. The number of ether oxygens (including phenoxy) is 8. The van der Waals surface area contributed by atoms with Crippen LogP contribution in [0.15, 0.2) is 0 Å². The van der Waals surface area contributed by atoms with E-state index in [1.165, 1.54) is 20.9 Å². The van der Waals surface area contributed by atoms with Crippen LogP contribution in [0.3, 0.4) is 0 Å². The Kier molecular flexibility index (Phi) is 18.7. The summed E-state index contributed by atoms with van der Waals surface area (Å²) in [6.45, 7) is 1.28. The summed E-state index contributed by atoms with van der Waals surface area (Å²) in [5, 5.41) is 88.9. The van der Waals surface area contributed by atoms with Crippen molar-refractivity contribution in [1.29, 1.82) is 0 Å². The predicted octanol–water partition coefficient (Wildman–Crippen LogP) is -6.32. The molecular weight excluding hydrogens is 864 g/mol. The summed E-state index contributed by atoms with van der Waals surface area (Å²) in [4.78, 5) is 12.6. The van der Waals surface area contributed by atoms with E-state index in [0.29, 0.717) is 25.8 Å². The molecular formula is C31H56N2O25S2. The van der Waals surface area contributed by atoms with Crippen molar-refractivity contribution in [3.63, 3.8) is 0 Å². The van der Waals surface area contributed by atoms with Crippen LogP contribution >= 0.6 is 0 Å². The number of carboxylic acids is 1. The highest BCUT2D eigenvalue weighted by atomic mass is 32.3. The second kappa shape index (κ2) is 21.9. The molecule has 4 fully saturated rings. The molecule has 0 radical (unpaired) electrons. The van der Waals surface area contributed by atoms with Crippen LogP contribution in [0.2, 0.25) is 0 Å². The highest BCUT2D eigenvalue weighted by Crippen LogP contribution is 2.36. The number of nitrogens with two attached hydrogens (primary N) is 1. The molecule has 0 spiro atoms. The summed E-state index contributed by atoms with van der Waals surface area (Å²) in [6, 6.07) is -1.49. The molecule has 352 valence electrons. The fourth-order valence-corrected chi connectivity index (χ4v) is 7.62. The summed E-state index contributed by atoms with van der Waals surface area (Å²) >= 11 is 0. The van der Waals surface area contributed by atoms with E-state index in [-0.39, 0.29) is 6.61 Å². The predicted molar refractivity (Wildman–Crippen MR) is 190 cm³/mol. The first-order valence-corrected chi connectivity index (χ1v) is 21.5. The Labute approximate surface area is 344 Å². The van der Waals surface area contributed by atoms with Crippen molar-refractivity contribution in [2.45, 2.75) is 150 Å². The van der Waals surface area contributed by atoms with E-state index in [4.69, 9.17) is 43.6 Å². The minimum atomic E-state index is -5.18. The van der Waals surface area contributed by atoms with Gasteiger partial charge in [-0.2, -0.15) is 16.8 Å². The standard InChI is InChI=1S/C31H56N2O25S2/c1-11-16(34)23(13(9-50-59(43,44)45)53-28(11)49-8-6-4-5-7-32)55-31-22(40)20(38)25(26(58-31)27(41)42)57-29-15(33-3)18(36)24(14(54-29)10-51-60(46,47)48)56-30-21(39)19(37)17(35)12(2)52-30/h11-26,28-31,33-40H,4-10,32H2,1-3H3,(H,41,42)(H,43,44,45)(H,46,47,48)/t11?,12?,13?,14?,15?,16-,17-,18-,19-,20-,21?,22?,23-,24-,25+,26?,28+,29-,30+,31-/m1/s1. The maximum absolute atomic E-state index is 12.6. The number of aliphatic hydroxyl groups is 7. The number of hydrogen-bond donors (Lipinski definition) is 12. The molecule has 0 amide bonds. The molecule has 29 heteroatoms. The Balaban J connectivity index is 1.55. The topological polar surface area (TPSA) is 418 Å². The lowest BCUT2D eigenvalue weighted by atomic mass is 9.91. The molecule has 4 aliphatic rings. The van der Waals surface area contributed by atoms with E-state index < -0.39 is 163 Å². The van der Waals surface area contributed by atoms with Crippen LogP contribution in [0.5, 0.6) is 0 Å². The monoisotopic (exact) mass is 920 g/mol. The molecule has 0 aromatic rings. The van der Waals surface area contributed by atoms with Gasteiger partial charge in [0.2, 0.25) is 0 Å². The number of rotatable bonds is 20. The largest absolute Gasteiger partial charge is 0.479 e. The number of hydrogen-bond acceptors (Lipinski definition) is 24. The van der Waals surface area contributed by atoms with Gasteiger partial charge in [-0.3, -0.25) is 9.11 Å². The molecule has 0 aromatic heterocycles. The van der Waals surface area contributed by atoms with Gasteiger partial charge < -0.3 is 89.8 Å². The van der Waals surface area contributed by atoms with Gasteiger partial charge in [-0.25, -0.2) is 13.2 Å². The SMILES string of the molecule is CNC1[C@@H](O[C@@H]2C(C(=O)O)O[C@@H](O[C@@H]3C(COS(=O)(=O)O)O[C@H](OCCCCCN)C(C)[C@H]3O)C(O)[C@H]2O)OC(COS(=O)(=O)O)[C@@H](O[C@@H]2OC(C)[C@@H](O)[C@@H](O)C2O)[C@@H]1O. The van der Waals surface area contributed by atoms with E-state index in [9.17, 15) is 71.6 Å². The molecule has 27 nitrogen and oxygen atoms in total. The van der Waals surface area contributed by atoms with Crippen molar-refractivity contribution in [2.75, 3.05) is 33.4 Å². The number of unbranched alkanes of at least 4 members (excludes halogenated alkanes) is 2. The van der Waals surface area contributed by atoms with Gasteiger partial charge in [0, 0.05) is 12.5 Å². The van der Waals surface area contributed by atoms with Crippen molar-refractivity contribution >= 4 is 26.8 Å². The van der Waals surface area contributed by atoms with Crippen LogP contribution in [-0.2, 0) is 71.9 Å². The lowest BCUT2D eigenvalue weighted by molar-refractivity contribution is -0.373. The lowest BCUT2D eigenvalue weighted by Crippen LogP contribution is -2.69. The average molecular weight is 921 g/mol. The molecule has 8 unspecified atom stereocenters. The number of aliphatic hydroxyl groups excluding tert-OH is 7. The molecule has 0 bridgehead atoms. The molecule has 20 atom stereocenters. The van der Waals surface area contributed by atoms with E-state index in [1.54, 1.807) is 0 Å². The molecule has 4 aliphatic heterocycles. The summed E-state index contributed by atoms with van der Waals surface area (Å²) in [6.07, 6.45) is -30.6. The zero-order valence-electron chi connectivity index (χ0n) is 32.5. The summed E-state index contributed by atoms with van der Waals surface area (Å²) < 4.78 is 119. The zero-order chi connectivity index (χ0) is 44.9. The fraction of sp³-hybridized carbons (Fsp3) is 0.968. The second-order valence-corrected chi connectivity index (χ2v) is 16.8. The number of carboxylic acid groups (broad SMARTS) is 1. The Hall–Kier alpha value is -1.47. The molecule has 0 aromatic carbocycles. The average Bonchev–Trinajstić information content (AvgIpc) is 3.17. The van der Waals surface area contributed by atoms with Crippen molar-refractivity contribution in [1.82, 2.24) is 5.32 Å². The number of nitrogens with one attached hydrogen (secondary N) is 1. The van der Waals surface area contributed by atoms with Crippen LogP contribution in [-0.4, -0.2) is 223 Å². The quantitative estimate of drug-likeness (QED) is 0.0399. The van der Waals surface area contributed by atoms with Crippen LogP contribution in [0, 0.1) is 5.92 Å². The Bertz CT molecular complexity index is 1580. The summed E-state index contributed by atoms with van der Waals surface area (Å²) in [5.74, 6) is -2.75. The zero-order valence-corrected chi connectivity index (χ0v) is 34.1. The van der Waals surface area contributed by atoms with Gasteiger partial charge in [-0.05, 0) is 39.8 Å². The van der Waals surface area contributed by atoms with Crippen molar-refractivity contribution in [2.24, 2.45) is 11.7 Å². The maximum atomic E-state index is 12.6. The van der Waals surface area contributed by atoms with E-state index in [0.717, 1.165) is 0 Å². The van der Waals surface area contributed by atoms with Crippen LogP contribution < -0.4 is 11.1 Å². The van der Waals surface area contributed by atoms with Gasteiger partial charge in [0.15, 0.2) is 31.3 Å². The smallest absolute Gasteiger partial charge is 0.397 e. The lowest BCUT2D eigenvalue weighted by Gasteiger charge is -2.49. The molecule has 4 saturated heterocycles. The Morgan fingerprint density at radius 2 is 1.15 bits per heavy atom. The first-order valence-electron chi connectivity index (χ1n) is 18.8. The molecule has 0 aliphatic carbocycles. The maximum Gasteiger partial charge on any atom is 0.397 e. The van der Waals surface area contributed by atoms with Crippen LogP contribution in [0.4, 0.5) is 0 Å². The summed E-state index contributed by atoms with van der Waals surface area (Å²) in [7, 11) is -9.00. The van der Waals surface area contributed by atoms with Gasteiger partial charge >= 0.3 is 26.8 Å². The second-order valence-electron chi connectivity index (χ2n) is 14.6. The highest BCUT2D eigenvalue weighted by molar-refractivity contribution is 7.81. The number of aliphatic carboxylic acids is 1. The highest BCUT2D eigenvalue weighted by Gasteiger charge is 2.56. The molecule has 60 heavy (non-hydrogen) atoms. The van der Waals surface area contributed by atoms with Gasteiger partial charge in [0.25, 0.3) is 0 Å². The first kappa shape index (κ1) is 51.2. The van der Waals surface area contributed by atoms with Gasteiger partial charge in [0.1, 0.15) is 67.1 Å². The fourth-order valence-electron chi connectivity index (χ4n) is 7.01. The molecule has 4 rings (SSSR count). The number of likely N-dealkylation sites (N-methyl/N-ethyl adjacent to an activating group) is 1. The van der Waals surface area contributed by atoms with Crippen LogP contribution in [0.1, 0.15) is 33.1 Å². The third-order valence-corrected chi connectivity index (χ3v) is 11.2. The van der Waals surface area contributed by atoms with Crippen molar-refractivity contribution < 1.29 is 118 Å². The molecule has 0 saturated carbocycles. The van der Waals surface area contributed by atoms with Crippen LogP contribution in [0.25, 0.3) is 0 Å². The van der Waals surface area contributed by atoms with Crippen molar-refractivity contribution in [3.05, 3.63) is 0 Å². The van der Waals surface area contributed by atoms with Crippen molar-refractivity contribution in [3.8, 4) is 0 Å². The normalized spacial score (nSPS) is 43.1. The van der Waals surface area contributed by atoms with Gasteiger partial charge in [0.05, 0.1) is 31.5 Å². The Morgan fingerprint density at radius 3 is 1.68 bits per heavy atom. The minimum absolute atomic E-state index is 0.141. The van der Waals surface area contributed by atoms with E-state index in [2.05, 4.69) is 13.7 Å². The Morgan fingerprint density at radius 1 is 0.633 bits per heavy atom. The summed E-state index contributed by atoms with van der Waals surface area (Å²) in [5.41, 5.74) is 5.50. The van der Waals surface area contributed by atoms with E-state index >= 15 is 0 Å². The van der Waals surface area contributed by atoms with E-state index in [1.807, 2.05) is 0 Å².